The quantitative estimate of drug-likeness (QED) is 0.817. The number of amides is 1. The van der Waals surface area contributed by atoms with Crippen LogP contribution in [-0.4, -0.2) is 55.6 Å². The molecule has 1 heterocycles. The summed E-state index contributed by atoms with van der Waals surface area (Å²) < 4.78 is 5.25. The van der Waals surface area contributed by atoms with Gasteiger partial charge in [0.1, 0.15) is 0 Å². The molecule has 21 heavy (non-hydrogen) atoms. The van der Waals surface area contributed by atoms with E-state index in [1.165, 1.54) is 0 Å². The summed E-state index contributed by atoms with van der Waals surface area (Å²) in [6.45, 7) is 4.14. The van der Waals surface area contributed by atoms with Gasteiger partial charge in [0.05, 0.1) is 24.8 Å². The Morgan fingerprint density at radius 3 is 2.90 bits per heavy atom. The third-order valence-electron chi connectivity index (χ3n) is 3.58. The first kappa shape index (κ1) is 15.5. The Morgan fingerprint density at radius 2 is 2.19 bits per heavy atom. The summed E-state index contributed by atoms with van der Waals surface area (Å²) in [6.07, 6.45) is 0.522. The van der Waals surface area contributed by atoms with E-state index in [-0.39, 0.29) is 5.91 Å². The number of carbonyl (C=O) groups is 1. The van der Waals surface area contributed by atoms with Crippen molar-refractivity contribution in [2.45, 2.75) is 13.0 Å². The van der Waals surface area contributed by atoms with Crippen LogP contribution in [0.4, 0.5) is 0 Å². The van der Waals surface area contributed by atoms with Gasteiger partial charge in [0, 0.05) is 32.6 Å². The normalized spacial score (nSPS) is 15.0. The van der Waals surface area contributed by atoms with Crippen LogP contribution >= 0.6 is 0 Å². The maximum atomic E-state index is 12.1. The average molecular weight is 287 g/mol. The van der Waals surface area contributed by atoms with E-state index in [0.29, 0.717) is 44.8 Å². The fourth-order valence-corrected chi connectivity index (χ4v) is 2.39. The van der Waals surface area contributed by atoms with Gasteiger partial charge in [0.2, 0.25) is 5.91 Å². The third-order valence-corrected chi connectivity index (χ3v) is 3.58. The van der Waals surface area contributed by atoms with Crippen LogP contribution in [0.1, 0.15) is 17.5 Å². The highest BCUT2D eigenvalue weighted by atomic mass is 16.5. The molecule has 1 aromatic carbocycles. The SMILES string of the molecule is CN(CCC(=O)N1CCOCC1)Cc1cccc(C#N)c1. The molecule has 1 saturated heterocycles. The topological polar surface area (TPSA) is 56.6 Å². The molecule has 1 aliphatic heterocycles. The molecule has 0 aromatic heterocycles. The van der Waals surface area contributed by atoms with Gasteiger partial charge in [-0.3, -0.25) is 4.79 Å². The molecular weight excluding hydrogens is 266 g/mol. The number of benzene rings is 1. The number of hydrogen-bond acceptors (Lipinski definition) is 4. The third kappa shape index (κ3) is 4.85. The van der Waals surface area contributed by atoms with Crippen molar-refractivity contribution in [3.63, 3.8) is 0 Å². The standard InChI is InChI=1S/C16H21N3O2/c1-18(13-15-4-2-3-14(11-15)12-17)6-5-16(20)19-7-9-21-10-8-19/h2-4,11H,5-10,13H2,1H3. The number of ether oxygens (including phenoxy) is 1. The summed E-state index contributed by atoms with van der Waals surface area (Å²) in [5.41, 5.74) is 1.76. The highest BCUT2D eigenvalue weighted by Gasteiger charge is 2.16. The summed E-state index contributed by atoms with van der Waals surface area (Å²) in [6, 6.07) is 9.72. The Hall–Kier alpha value is -1.90. The largest absolute Gasteiger partial charge is 0.378 e. The second-order valence-corrected chi connectivity index (χ2v) is 5.29. The molecular formula is C16H21N3O2. The van der Waals surface area contributed by atoms with Crippen molar-refractivity contribution in [3.05, 3.63) is 35.4 Å². The molecule has 1 aromatic rings. The van der Waals surface area contributed by atoms with Gasteiger partial charge >= 0.3 is 0 Å². The minimum atomic E-state index is 0.191. The van der Waals surface area contributed by atoms with Crippen molar-refractivity contribution in [2.24, 2.45) is 0 Å². The van der Waals surface area contributed by atoms with Crippen molar-refractivity contribution in [1.82, 2.24) is 9.80 Å². The van der Waals surface area contributed by atoms with E-state index in [4.69, 9.17) is 10.00 Å². The average Bonchev–Trinajstić information content (AvgIpc) is 2.53. The van der Waals surface area contributed by atoms with Crippen LogP contribution in [0.5, 0.6) is 0 Å². The second-order valence-electron chi connectivity index (χ2n) is 5.29. The fourth-order valence-electron chi connectivity index (χ4n) is 2.39. The Labute approximate surface area is 125 Å². The van der Waals surface area contributed by atoms with E-state index in [1.807, 2.05) is 30.1 Å². The lowest BCUT2D eigenvalue weighted by atomic mass is 10.1. The van der Waals surface area contributed by atoms with E-state index in [0.717, 1.165) is 12.1 Å². The Bertz CT molecular complexity index is 518. The summed E-state index contributed by atoms with van der Waals surface area (Å²) >= 11 is 0. The lowest BCUT2D eigenvalue weighted by molar-refractivity contribution is -0.135. The predicted molar refractivity (Wildman–Crippen MR) is 79.5 cm³/mol. The highest BCUT2D eigenvalue weighted by Crippen LogP contribution is 2.08. The zero-order valence-corrected chi connectivity index (χ0v) is 12.4. The number of carbonyl (C=O) groups excluding carboxylic acids is 1. The van der Waals surface area contributed by atoms with Crippen LogP contribution in [-0.2, 0) is 16.1 Å². The van der Waals surface area contributed by atoms with E-state index >= 15 is 0 Å². The van der Waals surface area contributed by atoms with Crippen LogP contribution < -0.4 is 0 Å². The second kappa shape index (κ2) is 7.77. The van der Waals surface area contributed by atoms with E-state index < -0.39 is 0 Å². The van der Waals surface area contributed by atoms with Crippen LogP contribution in [0.15, 0.2) is 24.3 Å². The van der Waals surface area contributed by atoms with Crippen LogP contribution in [0, 0.1) is 11.3 Å². The molecule has 0 aliphatic carbocycles. The monoisotopic (exact) mass is 287 g/mol. The Kier molecular flexibility index (Phi) is 5.73. The van der Waals surface area contributed by atoms with E-state index in [9.17, 15) is 4.79 Å². The molecule has 0 spiro atoms. The molecule has 112 valence electrons. The van der Waals surface area contributed by atoms with Gasteiger partial charge in [-0.15, -0.1) is 0 Å². The van der Waals surface area contributed by atoms with E-state index in [1.54, 1.807) is 6.07 Å². The molecule has 0 bridgehead atoms. The molecule has 1 amide bonds. The number of hydrogen-bond donors (Lipinski definition) is 0. The van der Waals surface area contributed by atoms with Gasteiger partial charge in [0.25, 0.3) is 0 Å². The number of morpholine rings is 1. The van der Waals surface area contributed by atoms with Gasteiger partial charge in [-0.05, 0) is 24.7 Å². The molecule has 0 radical (unpaired) electrons. The summed E-state index contributed by atoms with van der Waals surface area (Å²) in [5.74, 6) is 0.191. The molecule has 2 rings (SSSR count). The fraction of sp³-hybridized carbons (Fsp3) is 0.500. The van der Waals surface area contributed by atoms with Gasteiger partial charge < -0.3 is 14.5 Å². The van der Waals surface area contributed by atoms with Crippen LogP contribution in [0.2, 0.25) is 0 Å². The minimum Gasteiger partial charge on any atom is -0.378 e. The number of nitriles is 1. The Morgan fingerprint density at radius 1 is 1.43 bits per heavy atom. The molecule has 1 fully saturated rings. The lowest BCUT2D eigenvalue weighted by Crippen LogP contribution is -2.41. The predicted octanol–water partition coefficient (Wildman–Crippen LogP) is 1.24. The Balaban J connectivity index is 1.77. The molecule has 5 heteroatoms. The maximum Gasteiger partial charge on any atom is 0.224 e. The van der Waals surface area contributed by atoms with Gasteiger partial charge in [0.15, 0.2) is 0 Å². The van der Waals surface area contributed by atoms with Crippen molar-refractivity contribution >= 4 is 5.91 Å². The number of nitrogens with zero attached hydrogens (tertiary/aromatic N) is 3. The van der Waals surface area contributed by atoms with Gasteiger partial charge in [-0.1, -0.05) is 12.1 Å². The summed E-state index contributed by atoms with van der Waals surface area (Å²) in [4.78, 5) is 16.0. The van der Waals surface area contributed by atoms with Crippen LogP contribution in [0.25, 0.3) is 0 Å². The van der Waals surface area contributed by atoms with Crippen molar-refractivity contribution in [1.29, 1.82) is 5.26 Å². The van der Waals surface area contributed by atoms with Crippen molar-refractivity contribution in [3.8, 4) is 6.07 Å². The first-order chi connectivity index (χ1) is 10.2. The molecule has 1 aliphatic rings. The molecule has 5 nitrogen and oxygen atoms in total. The molecule has 0 saturated carbocycles. The molecule has 0 atom stereocenters. The highest BCUT2D eigenvalue weighted by molar-refractivity contribution is 5.76. The summed E-state index contributed by atoms with van der Waals surface area (Å²) in [7, 11) is 1.99. The summed E-state index contributed by atoms with van der Waals surface area (Å²) in [5, 5.41) is 8.89. The molecule has 0 N–H and O–H groups in total. The minimum absolute atomic E-state index is 0.191. The van der Waals surface area contributed by atoms with Crippen LogP contribution in [0.3, 0.4) is 0 Å². The smallest absolute Gasteiger partial charge is 0.224 e. The van der Waals surface area contributed by atoms with Crippen molar-refractivity contribution in [2.75, 3.05) is 39.9 Å². The first-order valence-electron chi connectivity index (χ1n) is 7.22. The van der Waals surface area contributed by atoms with Crippen molar-refractivity contribution < 1.29 is 9.53 Å². The maximum absolute atomic E-state index is 12.1. The van der Waals surface area contributed by atoms with Gasteiger partial charge in [-0.25, -0.2) is 0 Å². The van der Waals surface area contributed by atoms with Gasteiger partial charge in [-0.2, -0.15) is 5.26 Å². The number of rotatable bonds is 5. The lowest BCUT2D eigenvalue weighted by Gasteiger charge is -2.27. The van der Waals surface area contributed by atoms with E-state index in [2.05, 4.69) is 11.0 Å². The zero-order chi connectivity index (χ0) is 15.1. The zero-order valence-electron chi connectivity index (χ0n) is 12.4. The first-order valence-corrected chi connectivity index (χ1v) is 7.22. The molecule has 0 unspecified atom stereocenters.